The highest BCUT2D eigenvalue weighted by Gasteiger charge is 2.30. The monoisotopic (exact) mass is 706 g/mol. The Bertz CT molecular complexity index is 3040. The Kier molecular flexibility index (Phi) is 7.79. The van der Waals surface area contributed by atoms with E-state index < -0.39 is 0 Å². The van der Waals surface area contributed by atoms with Gasteiger partial charge in [0, 0.05) is 54.9 Å². The van der Waals surface area contributed by atoms with Gasteiger partial charge in [-0.3, -0.25) is 0 Å². The second-order valence-electron chi connectivity index (χ2n) is 13.4. The topological polar surface area (TPSA) is 85.2 Å². The summed E-state index contributed by atoms with van der Waals surface area (Å²) < 4.78 is 26.7. The van der Waals surface area contributed by atoms with E-state index in [9.17, 15) is 10.2 Å². The molecule has 2 N–H and O–H groups in total. The van der Waals surface area contributed by atoms with Crippen LogP contribution in [0, 0.1) is 0 Å². The summed E-state index contributed by atoms with van der Waals surface area (Å²) in [6, 6.07) is 49.3. The van der Waals surface area contributed by atoms with Crippen LogP contribution in [-0.4, -0.2) is 36.6 Å². The molecule has 262 valence electrons. The maximum atomic E-state index is 10.4. The van der Waals surface area contributed by atoms with Gasteiger partial charge in [-0.25, -0.2) is 0 Å². The molecule has 0 atom stereocenters. The average molecular weight is 707 g/mol. The summed E-state index contributed by atoms with van der Waals surface area (Å²) >= 11 is 0. The second kappa shape index (κ2) is 13.1. The fourth-order valence-corrected chi connectivity index (χ4v) is 8.16. The molecule has 0 saturated heterocycles. The van der Waals surface area contributed by atoms with Crippen LogP contribution < -0.4 is 9.47 Å². The Hall–Kier alpha value is -6.60. The van der Waals surface area contributed by atoms with Gasteiger partial charge in [-0.15, -0.1) is 0 Å². The fourth-order valence-electron chi connectivity index (χ4n) is 8.16. The molecule has 0 aliphatic heterocycles. The minimum absolute atomic E-state index is 0.0420. The maximum Gasteiger partial charge on any atom is 0.143 e. The first-order valence-corrected chi connectivity index (χ1v) is 18.1. The van der Waals surface area contributed by atoms with Crippen LogP contribution in [0.3, 0.4) is 0 Å². The molecule has 54 heavy (non-hydrogen) atoms. The Morgan fingerprint density at radius 2 is 0.889 bits per heavy atom. The number of aliphatic hydroxyl groups excluding tert-OH is 2. The summed E-state index contributed by atoms with van der Waals surface area (Å²) in [6.07, 6.45) is 0. The van der Waals surface area contributed by atoms with Crippen LogP contribution in [0.2, 0.25) is 0 Å². The minimum Gasteiger partial charge on any atom is -0.491 e. The van der Waals surface area contributed by atoms with Crippen molar-refractivity contribution in [2.24, 2.45) is 0 Å². The van der Waals surface area contributed by atoms with Crippen LogP contribution >= 0.6 is 0 Å². The van der Waals surface area contributed by atoms with Gasteiger partial charge in [0.05, 0.1) is 13.2 Å². The highest BCUT2D eigenvalue weighted by Crippen LogP contribution is 2.56. The number of para-hydroxylation sites is 4. The lowest BCUT2D eigenvalue weighted by Crippen LogP contribution is -2.07. The smallest absolute Gasteiger partial charge is 0.143 e. The Balaban J connectivity index is 1.45. The van der Waals surface area contributed by atoms with Gasteiger partial charge in [0.2, 0.25) is 0 Å². The molecule has 0 aliphatic rings. The molecule has 0 fully saturated rings. The number of rotatable bonds is 9. The van der Waals surface area contributed by atoms with Crippen molar-refractivity contribution in [2.75, 3.05) is 26.4 Å². The van der Waals surface area contributed by atoms with E-state index in [0.717, 1.165) is 98.8 Å². The summed E-state index contributed by atoms with van der Waals surface area (Å²) in [7, 11) is 0. The van der Waals surface area contributed by atoms with Crippen LogP contribution in [0.15, 0.2) is 154 Å². The second-order valence-corrected chi connectivity index (χ2v) is 13.4. The van der Waals surface area contributed by atoms with Crippen molar-refractivity contribution in [1.29, 1.82) is 0 Å². The van der Waals surface area contributed by atoms with Crippen LogP contribution in [0.25, 0.3) is 98.8 Å². The fraction of sp³-hybridized carbons (Fsp3) is 0.0833. The molecule has 0 amide bonds. The molecule has 6 nitrogen and oxygen atoms in total. The van der Waals surface area contributed by atoms with Crippen LogP contribution in [0.4, 0.5) is 0 Å². The number of hydrogen-bond donors (Lipinski definition) is 2. The van der Waals surface area contributed by atoms with Gasteiger partial charge < -0.3 is 28.5 Å². The number of aliphatic hydroxyl groups is 2. The van der Waals surface area contributed by atoms with E-state index in [-0.39, 0.29) is 26.4 Å². The van der Waals surface area contributed by atoms with Crippen LogP contribution in [0.5, 0.6) is 11.5 Å². The normalized spacial score (nSPS) is 11.8. The van der Waals surface area contributed by atoms with E-state index in [1.54, 1.807) is 0 Å². The number of fused-ring (bicyclic) bond motifs is 8. The zero-order valence-electron chi connectivity index (χ0n) is 29.2. The molecule has 6 heteroatoms. The predicted molar refractivity (Wildman–Crippen MR) is 217 cm³/mol. The summed E-state index contributed by atoms with van der Waals surface area (Å²) in [5.74, 6) is 1.19. The van der Waals surface area contributed by atoms with Gasteiger partial charge in [-0.05, 0) is 39.7 Å². The molecular formula is C48H34O6. The average Bonchev–Trinajstić information content (AvgIpc) is 3.80. The van der Waals surface area contributed by atoms with Crippen LogP contribution in [-0.2, 0) is 0 Å². The highest BCUT2D eigenvalue weighted by atomic mass is 16.5. The first-order chi connectivity index (χ1) is 26.7. The van der Waals surface area contributed by atoms with Gasteiger partial charge >= 0.3 is 0 Å². The lowest BCUT2D eigenvalue weighted by Gasteiger charge is -2.25. The molecule has 10 rings (SSSR count). The van der Waals surface area contributed by atoms with E-state index >= 15 is 0 Å². The molecule has 8 aromatic carbocycles. The Morgan fingerprint density at radius 3 is 1.52 bits per heavy atom. The standard InChI is InChI=1S/C48H34O6/c49-25-27-51-41-24-23-29-11-1-2-12-30(29)43(41)44-34-16-4-3-15-33(34)42(37-19-9-17-35-31-13-5-7-21-39(31)53-46(35)37)45(48(44)52-28-26-50)38-20-10-18-36-32-14-6-8-22-40(32)54-47(36)38/h1-24,49-50H,25-28H2. The van der Waals surface area contributed by atoms with E-state index in [2.05, 4.69) is 78.9 Å². The molecular weight excluding hydrogens is 673 g/mol. The third-order valence-corrected chi connectivity index (χ3v) is 10.3. The van der Waals surface area contributed by atoms with Crippen molar-refractivity contribution in [1.82, 2.24) is 0 Å². The lowest BCUT2D eigenvalue weighted by molar-refractivity contribution is 0.200. The van der Waals surface area contributed by atoms with E-state index in [0.29, 0.717) is 11.5 Å². The van der Waals surface area contributed by atoms with Gasteiger partial charge in [0.15, 0.2) is 0 Å². The van der Waals surface area contributed by atoms with Crippen molar-refractivity contribution in [2.45, 2.75) is 0 Å². The van der Waals surface area contributed by atoms with E-state index in [4.69, 9.17) is 18.3 Å². The van der Waals surface area contributed by atoms with Gasteiger partial charge in [0.25, 0.3) is 0 Å². The van der Waals surface area contributed by atoms with Gasteiger partial charge in [-0.1, -0.05) is 127 Å². The number of benzene rings is 8. The molecule has 2 aromatic heterocycles. The predicted octanol–water partition coefficient (Wildman–Crippen LogP) is 11.5. The summed E-state index contributed by atoms with van der Waals surface area (Å²) in [5, 5.41) is 28.2. The molecule has 0 radical (unpaired) electrons. The maximum absolute atomic E-state index is 10.4. The Labute approximate surface area is 310 Å². The van der Waals surface area contributed by atoms with Crippen LogP contribution in [0.1, 0.15) is 0 Å². The van der Waals surface area contributed by atoms with Crippen molar-refractivity contribution >= 4 is 65.4 Å². The largest absolute Gasteiger partial charge is 0.491 e. The summed E-state index contributed by atoms with van der Waals surface area (Å²) in [5.41, 5.74) is 8.18. The molecule has 0 saturated carbocycles. The van der Waals surface area contributed by atoms with Gasteiger partial charge in [-0.2, -0.15) is 0 Å². The number of furan rings is 2. The highest BCUT2D eigenvalue weighted by molar-refractivity contribution is 6.23. The third-order valence-electron chi connectivity index (χ3n) is 10.3. The zero-order chi connectivity index (χ0) is 36.2. The summed E-state index contributed by atoms with van der Waals surface area (Å²) in [4.78, 5) is 0. The minimum atomic E-state index is -0.196. The summed E-state index contributed by atoms with van der Waals surface area (Å²) in [6.45, 7) is -0.174. The molecule has 10 aromatic rings. The first-order valence-electron chi connectivity index (χ1n) is 18.1. The van der Waals surface area contributed by atoms with Crippen molar-refractivity contribution in [3.8, 4) is 44.9 Å². The third kappa shape index (κ3) is 4.95. The quantitative estimate of drug-likeness (QED) is 0.155. The van der Waals surface area contributed by atoms with E-state index in [1.807, 2.05) is 66.7 Å². The lowest BCUT2D eigenvalue weighted by atomic mass is 9.82. The van der Waals surface area contributed by atoms with Crippen molar-refractivity contribution < 1.29 is 28.5 Å². The molecule has 0 bridgehead atoms. The molecule has 0 unspecified atom stereocenters. The van der Waals surface area contributed by atoms with E-state index in [1.165, 1.54) is 0 Å². The molecule has 0 spiro atoms. The number of hydrogen-bond acceptors (Lipinski definition) is 6. The first kappa shape index (κ1) is 32.1. The number of ether oxygens (including phenoxy) is 2. The van der Waals surface area contributed by atoms with Crippen molar-refractivity contribution in [3.63, 3.8) is 0 Å². The zero-order valence-corrected chi connectivity index (χ0v) is 29.2. The Morgan fingerprint density at radius 1 is 0.389 bits per heavy atom. The molecule has 0 aliphatic carbocycles. The van der Waals surface area contributed by atoms with Crippen molar-refractivity contribution in [3.05, 3.63) is 146 Å². The van der Waals surface area contributed by atoms with Gasteiger partial charge in [0.1, 0.15) is 47.0 Å². The SMILES string of the molecule is OCCOc1ccc2ccccc2c1-c1c(OCCO)c(-c2cccc3c2oc2ccccc23)c(-c2cccc3c2oc2ccccc23)c2ccccc12. The molecule has 2 heterocycles.